The molecule has 0 saturated heterocycles. The van der Waals surface area contributed by atoms with Crippen LogP contribution in [0.5, 0.6) is 0 Å². The molecule has 0 aliphatic rings. The number of carbonyl (C=O) groups is 2. The van der Waals surface area contributed by atoms with Crippen molar-refractivity contribution in [3.8, 4) is 5.69 Å². The van der Waals surface area contributed by atoms with Crippen LogP contribution in [0.1, 0.15) is 36.3 Å². The third-order valence-electron chi connectivity index (χ3n) is 3.75. The molecule has 1 amide bonds. The number of rotatable bonds is 6. The van der Waals surface area contributed by atoms with E-state index in [0.29, 0.717) is 17.7 Å². The lowest BCUT2D eigenvalue weighted by atomic mass is 10.0. The maximum absolute atomic E-state index is 12.6. The largest absolute Gasteiger partial charge is 0.467 e. The van der Waals surface area contributed by atoms with Crippen molar-refractivity contribution in [2.24, 2.45) is 5.92 Å². The minimum absolute atomic E-state index is 0.252. The molecule has 0 aliphatic heterocycles. The molecule has 0 saturated carbocycles. The molecule has 128 valence electrons. The lowest BCUT2D eigenvalue weighted by Gasteiger charge is -2.18. The van der Waals surface area contributed by atoms with E-state index in [9.17, 15) is 9.59 Å². The summed E-state index contributed by atoms with van der Waals surface area (Å²) in [5.41, 5.74) is 2.03. The fourth-order valence-corrected chi connectivity index (χ4v) is 2.53. The number of hydrogen-bond donors (Lipinski definition) is 1. The fourth-order valence-electron chi connectivity index (χ4n) is 2.53. The third-order valence-corrected chi connectivity index (χ3v) is 3.75. The van der Waals surface area contributed by atoms with Gasteiger partial charge in [-0.2, -0.15) is 5.10 Å². The highest BCUT2D eigenvalue weighted by molar-refractivity contribution is 5.97. The first-order valence-electron chi connectivity index (χ1n) is 7.92. The molecule has 0 bridgehead atoms. The normalized spacial score (nSPS) is 12.0. The smallest absolute Gasteiger partial charge is 0.328 e. The molecule has 24 heavy (non-hydrogen) atoms. The molecule has 1 aromatic heterocycles. The Morgan fingerprint density at radius 1 is 1.25 bits per heavy atom. The second kappa shape index (κ2) is 7.77. The van der Waals surface area contributed by atoms with Crippen LogP contribution in [0.4, 0.5) is 0 Å². The lowest BCUT2D eigenvalue weighted by Crippen LogP contribution is -2.42. The zero-order valence-electron chi connectivity index (χ0n) is 14.4. The Kier molecular flexibility index (Phi) is 5.73. The summed E-state index contributed by atoms with van der Waals surface area (Å²) in [5.74, 6) is -0.515. The summed E-state index contributed by atoms with van der Waals surface area (Å²) in [4.78, 5) is 24.4. The Labute approximate surface area is 141 Å². The van der Waals surface area contributed by atoms with E-state index < -0.39 is 12.0 Å². The van der Waals surface area contributed by atoms with Crippen molar-refractivity contribution in [1.82, 2.24) is 15.1 Å². The molecule has 0 spiro atoms. The van der Waals surface area contributed by atoms with E-state index in [0.717, 1.165) is 5.69 Å². The van der Waals surface area contributed by atoms with E-state index in [4.69, 9.17) is 4.74 Å². The van der Waals surface area contributed by atoms with Crippen LogP contribution in [0.3, 0.4) is 0 Å². The van der Waals surface area contributed by atoms with Crippen molar-refractivity contribution in [2.75, 3.05) is 7.11 Å². The van der Waals surface area contributed by atoms with Gasteiger partial charge in [0, 0.05) is 0 Å². The monoisotopic (exact) mass is 329 g/mol. The standard InChI is InChI=1S/C18H23N3O3/c1-12(2)10-16(18(23)24-4)20-17(22)15-11-19-21(13(15)3)14-8-6-5-7-9-14/h5-9,11-12,16H,10H2,1-4H3,(H,20,22)/t16-/m1/s1. The van der Waals surface area contributed by atoms with Gasteiger partial charge in [-0.15, -0.1) is 0 Å². The van der Waals surface area contributed by atoms with Crippen LogP contribution in [-0.2, 0) is 9.53 Å². The van der Waals surface area contributed by atoms with Crippen LogP contribution in [0.25, 0.3) is 5.69 Å². The van der Waals surface area contributed by atoms with Gasteiger partial charge in [-0.25, -0.2) is 9.48 Å². The maximum atomic E-state index is 12.6. The van der Waals surface area contributed by atoms with Gasteiger partial charge in [-0.05, 0) is 31.4 Å². The van der Waals surface area contributed by atoms with Crippen molar-refractivity contribution >= 4 is 11.9 Å². The zero-order chi connectivity index (χ0) is 17.7. The summed E-state index contributed by atoms with van der Waals surface area (Å²) in [6.45, 7) is 5.80. The number of aromatic nitrogens is 2. The zero-order valence-corrected chi connectivity index (χ0v) is 14.4. The Morgan fingerprint density at radius 3 is 2.50 bits per heavy atom. The maximum Gasteiger partial charge on any atom is 0.328 e. The quantitative estimate of drug-likeness (QED) is 0.827. The van der Waals surface area contributed by atoms with Crippen molar-refractivity contribution in [3.63, 3.8) is 0 Å². The molecule has 2 aromatic rings. The van der Waals surface area contributed by atoms with Crippen molar-refractivity contribution < 1.29 is 14.3 Å². The van der Waals surface area contributed by atoms with Gasteiger partial charge < -0.3 is 10.1 Å². The molecule has 6 nitrogen and oxygen atoms in total. The summed E-state index contributed by atoms with van der Waals surface area (Å²) in [7, 11) is 1.32. The van der Waals surface area contributed by atoms with Gasteiger partial charge in [0.1, 0.15) is 6.04 Å². The molecule has 1 atom stereocenters. The van der Waals surface area contributed by atoms with Crippen LogP contribution < -0.4 is 5.32 Å². The highest BCUT2D eigenvalue weighted by Crippen LogP contribution is 2.15. The number of nitrogens with zero attached hydrogens (tertiary/aromatic N) is 2. The molecular weight excluding hydrogens is 306 g/mol. The number of para-hydroxylation sites is 1. The number of ether oxygens (including phenoxy) is 1. The summed E-state index contributed by atoms with van der Waals surface area (Å²) in [5, 5.41) is 7.03. The van der Waals surface area contributed by atoms with E-state index >= 15 is 0 Å². The minimum Gasteiger partial charge on any atom is -0.467 e. The molecule has 0 fully saturated rings. The van der Waals surface area contributed by atoms with Crippen LogP contribution in [0, 0.1) is 12.8 Å². The first-order chi connectivity index (χ1) is 11.4. The van der Waals surface area contributed by atoms with Crippen LogP contribution >= 0.6 is 0 Å². The topological polar surface area (TPSA) is 73.2 Å². The number of esters is 1. The average molecular weight is 329 g/mol. The molecule has 6 heteroatoms. The first kappa shape index (κ1) is 17.7. The van der Waals surface area contributed by atoms with E-state index in [-0.39, 0.29) is 11.8 Å². The second-order valence-corrected chi connectivity index (χ2v) is 6.07. The molecule has 0 radical (unpaired) electrons. The van der Waals surface area contributed by atoms with E-state index in [2.05, 4.69) is 10.4 Å². The Hall–Kier alpha value is -2.63. The SMILES string of the molecule is COC(=O)[C@@H](CC(C)C)NC(=O)c1cnn(-c2ccccc2)c1C. The molecule has 0 aliphatic carbocycles. The van der Waals surface area contributed by atoms with Crippen molar-refractivity contribution in [1.29, 1.82) is 0 Å². The fraction of sp³-hybridized carbons (Fsp3) is 0.389. The number of nitrogens with one attached hydrogen (secondary N) is 1. The van der Waals surface area contributed by atoms with Gasteiger partial charge in [0.25, 0.3) is 5.91 Å². The predicted molar refractivity (Wildman–Crippen MR) is 91.0 cm³/mol. The molecule has 1 aromatic carbocycles. The van der Waals surface area contributed by atoms with Gasteiger partial charge in [-0.3, -0.25) is 4.79 Å². The Bertz CT molecular complexity index is 708. The van der Waals surface area contributed by atoms with Crippen molar-refractivity contribution in [2.45, 2.75) is 33.2 Å². The number of methoxy groups -OCH3 is 1. The summed E-state index contributed by atoms with van der Waals surface area (Å²) < 4.78 is 6.48. The third kappa shape index (κ3) is 4.01. The van der Waals surface area contributed by atoms with E-state index in [1.807, 2.05) is 51.1 Å². The summed E-state index contributed by atoms with van der Waals surface area (Å²) in [6, 6.07) is 8.90. The molecule has 2 rings (SSSR count). The average Bonchev–Trinajstić information content (AvgIpc) is 2.95. The van der Waals surface area contributed by atoms with Gasteiger partial charge in [0.2, 0.25) is 0 Å². The van der Waals surface area contributed by atoms with Gasteiger partial charge in [0.05, 0.1) is 30.3 Å². The van der Waals surface area contributed by atoms with Gasteiger partial charge >= 0.3 is 5.97 Å². The van der Waals surface area contributed by atoms with E-state index in [1.54, 1.807) is 4.68 Å². The summed E-state index contributed by atoms with van der Waals surface area (Å²) >= 11 is 0. The highest BCUT2D eigenvalue weighted by Gasteiger charge is 2.25. The van der Waals surface area contributed by atoms with Gasteiger partial charge in [0.15, 0.2) is 0 Å². The molecule has 1 heterocycles. The molecule has 0 unspecified atom stereocenters. The number of benzene rings is 1. The van der Waals surface area contributed by atoms with Crippen LogP contribution in [0.15, 0.2) is 36.5 Å². The molecular formula is C18H23N3O3. The minimum atomic E-state index is -0.665. The Morgan fingerprint density at radius 2 is 1.92 bits per heavy atom. The van der Waals surface area contributed by atoms with E-state index in [1.165, 1.54) is 13.3 Å². The lowest BCUT2D eigenvalue weighted by molar-refractivity contribution is -0.143. The summed E-state index contributed by atoms with van der Waals surface area (Å²) in [6.07, 6.45) is 2.03. The number of hydrogen-bond acceptors (Lipinski definition) is 4. The van der Waals surface area contributed by atoms with Crippen molar-refractivity contribution in [3.05, 3.63) is 47.8 Å². The molecule has 1 N–H and O–H groups in total. The van der Waals surface area contributed by atoms with Crippen LogP contribution in [-0.4, -0.2) is 34.8 Å². The first-order valence-corrected chi connectivity index (χ1v) is 7.92. The Balaban J connectivity index is 2.20. The number of carbonyl (C=O) groups excluding carboxylic acids is 2. The predicted octanol–water partition coefficient (Wildman–Crippen LogP) is 2.50. The second-order valence-electron chi connectivity index (χ2n) is 6.07. The van der Waals surface area contributed by atoms with Gasteiger partial charge in [-0.1, -0.05) is 32.0 Å². The number of amides is 1. The highest BCUT2D eigenvalue weighted by atomic mass is 16.5. The van der Waals surface area contributed by atoms with Crippen LogP contribution in [0.2, 0.25) is 0 Å².